The smallest absolute Gasteiger partial charge is 0.414 e. The van der Waals surface area contributed by atoms with Crippen molar-refractivity contribution in [2.45, 2.75) is 18.8 Å². The predicted molar refractivity (Wildman–Crippen MR) is 87.7 cm³/mol. The largest absolute Gasteiger partial charge is 0.479 e. The Kier molecular flexibility index (Phi) is 5.76. The molecule has 29 heavy (non-hydrogen) atoms. The number of halogens is 5. The second-order valence-electron chi connectivity index (χ2n) is 5.72. The molecule has 0 fully saturated rings. The van der Waals surface area contributed by atoms with Gasteiger partial charge in [0, 0.05) is 12.3 Å². The minimum Gasteiger partial charge on any atom is -0.479 e. The molecule has 0 saturated heterocycles. The number of hydrogen-bond donors (Lipinski definition) is 1. The summed E-state index contributed by atoms with van der Waals surface area (Å²) < 4.78 is 76.6. The summed E-state index contributed by atoms with van der Waals surface area (Å²) in [6, 6.07) is 5.64. The van der Waals surface area contributed by atoms with E-state index in [1.807, 2.05) is 0 Å². The monoisotopic (exact) mass is 413 g/mol. The van der Waals surface area contributed by atoms with Crippen LogP contribution in [-0.4, -0.2) is 22.2 Å². The molecule has 0 aliphatic heterocycles. The maximum absolute atomic E-state index is 13.5. The number of amides is 1. The van der Waals surface area contributed by atoms with Crippen LogP contribution in [0.25, 0.3) is 0 Å². The third-order valence-corrected chi connectivity index (χ3v) is 3.66. The van der Waals surface area contributed by atoms with Crippen molar-refractivity contribution in [2.24, 2.45) is 0 Å². The first-order valence-corrected chi connectivity index (χ1v) is 8.06. The van der Waals surface area contributed by atoms with E-state index in [9.17, 15) is 26.7 Å². The first-order valence-electron chi connectivity index (χ1n) is 8.06. The van der Waals surface area contributed by atoms with Gasteiger partial charge in [0.15, 0.2) is 34.9 Å². The Morgan fingerprint density at radius 2 is 1.86 bits per heavy atom. The lowest BCUT2D eigenvalue weighted by atomic mass is 10.1. The van der Waals surface area contributed by atoms with Crippen LogP contribution in [-0.2, 0) is 6.61 Å². The fourth-order valence-electron chi connectivity index (χ4n) is 2.33. The molecule has 1 aromatic carbocycles. The zero-order chi connectivity index (χ0) is 21.0. The molecule has 3 aromatic rings. The molecule has 0 radical (unpaired) electrons. The molecule has 1 amide bonds. The average molecular weight is 413 g/mol. The Bertz CT molecular complexity index is 972. The molecule has 0 aliphatic rings. The highest BCUT2D eigenvalue weighted by Gasteiger charge is 2.43. The van der Waals surface area contributed by atoms with Crippen LogP contribution < -0.4 is 10.1 Å². The molecule has 2 heterocycles. The van der Waals surface area contributed by atoms with Crippen molar-refractivity contribution < 1.29 is 36.0 Å². The molecule has 0 aliphatic carbocycles. The number of benzene rings is 1. The van der Waals surface area contributed by atoms with Gasteiger partial charge in [-0.15, -0.1) is 0 Å². The van der Waals surface area contributed by atoms with E-state index in [4.69, 9.17) is 9.26 Å². The van der Waals surface area contributed by atoms with Gasteiger partial charge in [0.05, 0.1) is 5.69 Å². The van der Waals surface area contributed by atoms with Crippen molar-refractivity contribution in [3.05, 3.63) is 77.4 Å². The number of rotatable bonds is 6. The summed E-state index contributed by atoms with van der Waals surface area (Å²) in [7, 11) is 0. The van der Waals surface area contributed by atoms with Crippen LogP contribution in [0, 0.1) is 11.6 Å². The second-order valence-corrected chi connectivity index (χ2v) is 5.72. The molecule has 6 nitrogen and oxygen atoms in total. The zero-order valence-electron chi connectivity index (χ0n) is 14.4. The minimum atomic E-state index is -4.80. The number of pyridine rings is 1. The van der Waals surface area contributed by atoms with Crippen LogP contribution in [0.3, 0.4) is 0 Å². The lowest BCUT2D eigenvalue weighted by Crippen LogP contribution is -2.38. The lowest BCUT2D eigenvalue weighted by molar-refractivity contribution is -0.156. The minimum absolute atomic E-state index is 0.126. The predicted octanol–water partition coefficient (Wildman–Crippen LogP) is 3.96. The highest BCUT2D eigenvalue weighted by Crippen LogP contribution is 2.31. The van der Waals surface area contributed by atoms with Crippen molar-refractivity contribution in [2.75, 3.05) is 0 Å². The van der Waals surface area contributed by atoms with Gasteiger partial charge in [0.2, 0.25) is 0 Å². The number of carbonyl (C=O) groups is 1. The van der Waals surface area contributed by atoms with Crippen molar-refractivity contribution in [1.82, 2.24) is 15.5 Å². The summed E-state index contributed by atoms with van der Waals surface area (Å²) in [5, 5.41) is 5.14. The van der Waals surface area contributed by atoms with Gasteiger partial charge in [0.25, 0.3) is 5.91 Å². The van der Waals surface area contributed by atoms with Crippen LogP contribution in [0.4, 0.5) is 22.0 Å². The topological polar surface area (TPSA) is 77.2 Å². The van der Waals surface area contributed by atoms with E-state index in [1.165, 1.54) is 12.1 Å². The van der Waals surface area contributed by atoms with E-state index in [0.717, 1.165) is 36.5 Å². The van der Waals surface area contributed by atoms with Gasteiger partial charge in [-0.2, -0.15) is 13.2 Å². The Hall–Kier alpha value is -3.50. The van der Waals surface area contributed by atoms with Gasteiger partial charge in [-0.3, -0.25) is 9.78 Å². The highest BCUT2D eigenvalue weighted by atomic mass is 19.4. The number of nitrogens with one attached hydrogen (secondary N) is 1. The molecule has 0 unspecified atom stereocenters. The Morgan fingerprint density at radius 3 is 2.48 bits per heavy atom. The van der Waals surface area contributed by atoms with Crippen molar-refractivity contribution in [3.8, 4) is 5.75 Å². The molecule has 1 atom stereocenters. The third kappa shape index (κ3) is 4.86. The summed E-state index contributed by atoms with van der Waals surface area (Å²) in [5.41, 5.74) is -0.877. The van der Waals surface area contributed by atoms with Crippen LogP contribution in [0.15, 0.2) is 53.2 Å². The fourth-order valence-corrected chi connectivity index (χ4v) is 2.33. The number of carbonyl (C=O) groups excluding carboxylic acids is 1. The number of aromatic nitrogens is 2. The molecule has 0 spiro atoms. The maximum Gasteiger partial charge on any atom is 0.414 e. The summed E-state index contributed by atoms with van der Waals surface area (Å²) in [5.74, 6) is -3.87. The van der Waals surface area contributed by atoms with Crippen LogP contribution in [0.1, 0.15) is 28.0 Å². The normalized spacial score (nSPS) is 12.4. The summed E-state index contributed by atoms with van der Waals surface area (Å²) in [6.07, 6.45) is -3.64. The van der Waals surface area contributed by atoms with Gasteiger partial charge in [-0.1, -0.05) is 17.3 Å². The van der Waals surface area contributed by atoms with E-state index >= 15 is 0 Å². The van der Waals surface area contributed by atoms with Crippen LogP contribution >= 0.6 is 0 Å². The van der Waals surface area contributed by atoms with Gasteiger partial charge in [-0.25, -0.2) is 8.78 Å². The van der Waals surface area contributed by atoms with E-state index in [0.29, 0.717) is 0 Å². The van der Waals surface area contributed by atoms with Gasteiger partial charge in [-0.05, 0) is 24.3 Å². The lowest BCUT2D eigenvalue weighted by Gasteiger charge is -2.20. The summed E-state index contributed by atoms with van der Waals surface area (Å²) in [6.45, 7) is -0.499. The summed E-state index contributed by atoms with van der Waals surface area (Å²) >= 11 is 0. The fraction of sp³-hybridized carbons (Fsp3) is 0.167. The number of para-hydroxylation sites is 1. The van der Waals surface area contributed by atoms with E-state index in [2.05, 4.69) is 10.1 Å². The zero-order valence-corrected chi connectivity index (χ0v) is 14.4. The first-order chi connectivity index (χ1) is 13.8. The van der Waals surface area contributed by atoms with E-state index < -0.39 is 53.5 Å². The number of ether oxygens (including phenoxy) is 1. The number of alkyl halides is 3. The SMILES string of the molecule is O=C(N[C@@H](c1ccccn1)C(F)(F)F)c1cc(COc2c(F)cccc2F)on1. The van der Waals surface area contributed by atoms with Gasteiger partial charge < -0.3 is 14.6 Å². The average Bonchev–Trinajstić information content (AvgIpc) is 3.14. The molecule has 3 rings (SSSR count). The molecular formula is C18H12F5N3O3. The van der Waals surface area contributed by atoms with E-state index in [1.54, 1.807) is 5.32 Å². The van der Waals surface area contributed by atoms with Crippen molar-refractivity contribution in [1.29, 1.82) is 0 Å². The Morgan fingerprint density at radius 1 is 1.14 bits per heavy atom. The van der Waals surface area contributed by atoms with Crippen LogP contribution in [0.5, 0.6) is 5.75 Å². The third-order valence-electron chi connectivity index (χ3n) is 3.66. The highest BCUT2D eigenvalue weighted by molar-refractivity contribution is 5.92. The van der Waals surface area contributed by atoms with Gasteiger partial charge in [0.1, 0.15) is 6.61 Å². The molecular weight excluding hydrogens is 401 g/mol. The molecule has 152 valence electrons. The molecule has 1 N–H and O–H groups in total. The number of nitrogens with zero attached hydrogens (tertiary/aromatic N) is 2. The van der Waals surface area contributed by atoms with Crippen molar-refractivity contribution >= 4 is 5.91 Å². The first kappa shape index (κ1) is 20.2. The molecule has 11 heteroatoms. The molecule has 0 saturated carbocycles. The number of hydrogen-bond acceptors (Lipinski definition) is 5. The standard InChI is InChI=1S/C18H12F5N3O3/c19-11-4-3-5-12(20)15(11)28-9-10-8-14(26-29-10)17(27)25-16(18(21,22)23)13-6-1-2-7-24-13/h1-8,16H,9H2,(H,25,27)/t16-/m0/s1. The Balaban J connectivity index is 1.70. The second kappa shape index (κ2) is 8.25. The molecule has 0 bridgehead atoms. The van der Waals surface area contributed by atoms with Crippen LogP contribution in [0.2, 0.25) is 0 Å². The maximum atomic E-state index is 13.5. The van der Waals surface area contributed by atoms with E-state index in [-0.39, 0.29) is 5.76 Å². The quantitative estimate of drug-likeness (QED) is 0.619. The summed E-state index contributed by atoms with van der Waals surface area (Å²) in [4.78, 5) is 15.8. The Labute approximate surface area is 160 Å². The van der Waals surface area contributed by atoms with Gasteiger partial charge >= 0.3 is 6.18 Å². The van der Waals surface area contributed by atoms with Crippen molar-refractivity contribution in [3.63, 3.8) is 0 Å². The molecule has 2 aromatic heterocycles.